The average Bonchev–Trinajstić information content (AvgIpc) is 3.00. The van der Waals surface area contributed by atoms with Crippen molar-refractivity contribution in [2.24, 2.45) is 28.1 Å². The normalized spacial score (nSPS) is 50.3. The fourth-order valence-corrected chi connectivity index (χ4v) is 8.37. The van der Waals surface area contributed by atoms with Crippen LogP contribution in [0.15, 0.2) is 11.6 Å². The zero-order valence-electron chi connectivity index (χ0n) is 19.7. The number of esters is 1. The standard InChI is InChI=1S/C25H38O7/c1-5-15(2)19(27)32-14-24(30)13-23-10-7-18-21(3,20(28)29)8-6-9-22(18,4)25(23,31)12-17(26)16(24)11-23/h5,16-18,26,30-31H,6-14H2,1-4H3,(H,28,29). The molecule has 0 aromatic carbocycles. The van der Waals surface area contributed by atoms with Gasteiger partial charge in [0, 0.05) is 28.7 Å². The molecule has 4 fully saturated rings. The maximum Gasteiger partial charge on any atom is 0.333 e. The van der Waals surface area contributed by atoms with E-state index < -0.39 is 51.4 Å². The lowest BCUT2D eigenvalue weighted by atomic mass is 9.38. The summed E-state index contributed by atoms with van der Waals surface area (Å²) in [6.45, 7) is 6.97. The number of fused-ring (bicyclic) bond motifs is 3. The van der Waals surface area contributed by atoms with Gasteiger partial charge in [-0.05, 0) is 65.2 Å². The zero-order valence-corrected chi connectivity index (χ0v) is 19.7. The lowest BCUT2D eigenvalue weighted by molar-refractivity contribution is -0.273. The maximum atomic E-state index is 12.4. The molecule has 0 aromatic rings. The minimum Gasteiger partial charge on any atom is -0.481 e. The van der Waals surface area contributed by atoms with Crippen LogP contribution in [0.25, 0.3) is 0 Å². The number of carboxylic acid groups (broad SMARTS) is 1. The van der Waals surface area contributed by atoms with Crippen molar-refractivity contribution in [3.05, 3.63) is 11.6 Å². The molecule has 2 bridgehead atoms. The minimum atomic E-state index is -1.42. The molecule has 4 aliphatic carbocycles. The molecule has 8 unspecified atom stereocenters. The van der Waals surface area contributed by atoms with Crippen molar-refractivity contribution in [1.82, 2.24) is 0 Å². The molecular formula is C25H38O7. The summed E-state index contributed by atoms with van der Waals surface area (Å²) in [5, 5.41) is 45.1. The number of carboxylic acids is 1. The van der Waals surface area contributed by atoms with E-state index in [0.29, 0.717) is 44.1 Å². The number of hydrogen-bond donors (Lipinski definition) is 4. The van der Waals surface area contributed by atoms with E-state index in [1.807, 2.05) is 6.92 Å². The van der Waals surface area contributed by atoms with E-state index in [1.54, 1.807) is 26.8 Å². The van der Waals surface area contributed by atoms with Crippen LogP contribution < -0.4 is 0 Å². The van der Waals surface area contributed by atoms with Crippen LogP contribution in [-0.2, 0) is 14.3 Å². The highest BCUT2D eigenvalue weighted by Gasteiger charge is 2.76. The summed E-state index contributed by atoms with van der Waals surface area (Å²) in [6, 6.07) is 0. The molecule has 7 heteroatoms. The lowest BCUT2D eigenvalue weighted by Gasteiger charge is -2.68. The molecule has 4 aliphatic rings. The van der Waals surface area contributed by atoms with Crippen LogP contribution in [-0.4, -0.2) is 56.3 Å². The predicted octanol–water partition coefficient (Wildman–Crippen LogP) is 2.81. The van der Waals surface area contributed by atoms with Crippen molar-refractivity contribution in [2.75, 3.05) is 6.61 Å². The van der Waals surface area contributed by atoms with E-state index in [9.17, 15) is 30.0 Å². The second kappa shape index (κ2) is 7.28. The Hall–Kier alpha value is -1.44. The zero-order chi connectivity index (χ0) is 23.7. The molecule has 0 radical (unpaired) electrons. The molecule has 0 aromatic heterocycles. The van der Waals surface area contributed by atoms with Gasteiger partial charge in [0.1, 0.15) is 12.2 Å². The quantitative estimate of drug-likeness (QED) is 0.383. The van der Waals surface area contributed by atoms with Gasteiger partial charge < -0.3 is 25.2 Å². The average molecular weight is 451 g/mol. The molecule has 0 saturated heterocycles. The summed E-state index contributed by atoms with van der Waals surface area (Å²) in [6.07, 6.45) is 4.76. The predicted molar refractivity (Wildman–Crippen MR) is 116 cm³/mol. The Labute approximate surface area is 189 Å². The van der Waals surface area contributed by atoms with Crippen LogP contribution >= 0.6 is 0 Å². The molecule has 180 valence electrons. The molecule has 7 nitrogen and oxygen atoms in total. The van der Waals surface area contributed by atoms with Crippen LogP contribution in [0.2, 0.25) is 0 Å². The largest absolute Gasteiger partial charge is 0.481 e. The van der Waals surface area contributed by atoms with Gasteiger partial charge in [0.2, 0.25) is 0 Å². The third-order valence-corrected chi connectivity index (χ3v) is 10.3. The minimum absolute atomic E-state index is 0.116. The monoisotopic (exact) mass is 450 g/mol. The van der Waals surface area contributed by atoms with Crippen molar-refractivity contribution in [3.63, 3.8) is 0 Å². The van der Waals surface area contributed by atoms with Gasteiger partial charge >= 0.3 is 11.9 Å². The molecule has 8 atom stereocenters. The Morgan fingerprint density at radius 1 is 1.12 bits per heavy atom. The van der Waals surface area contributed by atoms with Gasteiger partial charge in [-0.3, -0.25) is 4.79 Å². The molecule has 4 rings (SSSR count). The number of carbonyl (C=O) groups excluding carboxylic acids is 1. The Kier molecular flexibility index (Phi) is 5.39. The summed E-state index contributed by atoms with van der Waals surface area (Å²) >= 11 is 0. The van der Waals surface area contributed by atoms with Gasteiger partial charge in [-0.15, -0.1) is 0 Å². The second-order valence-electron chi connectivity index (χ2n) is 11.6. The highest BCUT2D eigenvalue weighted by Crippen LogP contribution is 2.74. The summed E-state index contributed by atoms with van der Waals surface area (Å²) < 4.78 is 5.42. The fourth-order valence-electron chi connectivity index (χ4n) is 8.37. The number of ether oxygens (including phenoxy) is 1. The molecule has 1 spiro atoms. The third kappa shape index (κ3) is 2.90. The third-order valence-electron chi connectivity index (χ3n) is 10.3. The SMILES string of the molecule is CC=C(C)C(=O)OCC1(O)CC23CCC4C(C)(C(=O)O)CCCC4(C)C2(O)CC(O)C1C3. The topological polar surface area (TPSA) is 124 Å². The van der Waals surface area contributed by atoms with Gasteiger partial charge in [0.25, 0.3) is 0 Å². The van der Waals surface area contributed by atoms with E-state index in [2.05, 4.69) is 0 Å². The molecule has 0 heterocycles. The number of allylic oxidation sites excluding steroid dienone is 1. The smallest absolute Gasteiger partial charge is 0.333 e. The second-order valence-corrected chi connectivity index (χ2v) is 11.6. The number of aliphatic carboxylic acids is 1. The Balaban J connectivity index is 1.69. The van der Waals surface area contributed by atoms with Crippen LogP contribution in [0.3, 0.4) is 0 Å². The molecule has 0 aliphatic heterocycles. The maximum absolute atomic E-state index is 12.4. The molecular weight excluding hydrogens is 412 g/mol. The van der Waals surface area contributed by atoms with Crippen molar-refractivity contribution in [2.45, 2.75) is 96.4 Å². The van der Waals surface area contributed by atoms with Crippen LogP contribution in [0, 0.1) is 28.1 Å². The summed E-state index contributed by atoms with van der Waals surface area (Å²) in [7, 11) is 0. The van der Waals surface area contributed by atoms with Crippen LogP contribution in [0.1, 0.15) is 79.1 Å². The summed E-state index contributed by atoms with van der Waals surface area (Å²) in [5.74, 6) is -2.01. The number of aliphatic hydroxyl groups excluding tert-OH is 1. The van der Waals surface area contributed by atoms with Gasteiger partial charge in [-0.25, -0.2) is 4.79 Å². The van der Waals surface area contributed by atoms with Crippen molar-refractivity contribution in [1.29, 1.82) is 0 Å². The number of carbonyl (C=O) groups is 2. The van der Waals surface area contributed by atoms with E-state index >= 15 is 0 Å². The van der Waals surface area contributed by atoms with Crippen molar-refractivity contribution < 1.29 is 34.8 Å². The molecule has 0 amide bonds. The molecule has 4 N–H and O–H groups in total. The van der Waals surface area contributed by atoms with E-state index in [-0.39, 0.29) is 25.4 Å². The first-order valence-corrected chi connectivity index (χ1v) is 11.9. The Morgan fingerprint density at radius 3 is 2.44 bits per heavy atom. The number of hydrogen-bond acceptors (Lipinski definition) is 6. The Morgan fingerprint density at radius 2 is 1.81 bits per heavy atom. The van der Waals surface area contributed by atoms with Gasteiger partial charge in [0.15, 0.2) is 0 Å². The first-order valence-electron chi connectivity index (χ1n) is 11.9. The lowest BCUT2D eigenvalue weighted by Crippen LogP contribution is -2.70. The summed E-state index contributed by atoms with van der Waals surface area (Å²) in [5.41, 5.74) is -4.47. The van der Waals surface area contributed by atoms with Crippen LogP contribution in [0.4, 0.5) is 0 Å². The summed E-state index contributed by atoms with van der Waals surface area (Å²) in [4.78, 5) is 24.5. The fraction of sp³-hybridized carbons (Fsp3) is 0.840. The van der Waals surface area contributed by atoms with Gasteiger partial charge in [-0.2, -0.15) is 0 Å². The number of rotatable bonds is 4. The van der Waals surface area contributed by atoms with Crippen LogP contribution in [0.5, 0.6) is 0 Å². The Bertz CT molecular complexity index is 853. The first kappa shape index (κ1) is 23.7. The highest BCUT2D eigenvalue weighted by molar-refractivity contribution is 5.87. The van der Waals surface area contributed by atoms with Gasteiger partial charge in [-0.1, -0.05) is 19.4 Å². The number of aliphatic hydroxyl groups is 3. The molecule has 4 saturated carbocycles. The van der Waals surface area contributed by atoms with Crippen molar-refractivity contribution in [3.8, 4) is 0 Å². The highest BCUT2D eigenvalue weighted by atomic mass is 16.5. The van der Waals surface area contributed by atoms with E-state index in [4.69, 9.17) is 4.74 Å². The molecule has 32 heavy (non-hydrogen) atoms. The van der Waals surface area contributed by atoms with Gasteiger partial charge in [0.05, 0.1) is 17.1 Å². The van der Waals surface area contributed by atoms with Crippen molar-refractivity contribution >= 4 is 11.9 Å². The van der Waals surface area contributed by atoms with E-state index in [0.717, 1.165) is 0 Å². The van der Waals surface area contributed by atoms with E-state index in [1.165, 1.54) is 0 Å². The first-order chi connectivity index (χ1) is 14.8.